The van der Waals surface area contributed by atoms with Gasteiger partial charge in [0.15, 0.2) is 0 Å². The molecule has 0 bridgehead atoms. The smallest absolute Gasteiger partial charge is 0.251 e. The molecule has 1 amide bonds. The largest absolute Gasteiger partial charge is 0.349 e. The van der Waals surface area contributed by atoms with Crippen molar-refractivity contribution in [2.24, 2.45) is 0 Å². The highest BCUT2D eigenvalue weighted by Gasteiger charge is 2.21. The van der Waals surface area contributed by atoms with Crippen LogP contribution in [0.1, 0.15) is 40.0 Å². The molecular formula is C24H27N3OS2. The van der Waals surface area contributed by atoms with E-state index in [1.54, 1.807) is 23.1 Å². The third kappa shape index (κ3) is 5.94. The highest BCUT2D eigenvalue weighted by molar-refractivity contribution is 8.00. The van der Waals surface area contributed by atoms with E-state index in [0.29, 0.717) is 0 Å². The molecule has 0 aliphatic carbocycles. The molecule has 0 spiro atoms. The van der Waals surface area contributed by atoms with Crippen molar-refractivity contribution >= 4 is 29.0 Å². The summed E-state index contributed by atoms with van der Waals surface area (Å²) in [6.07, 6.45) is 2.00. The van der Waals surface area contributed by atoms with Gasteiger partial charge >= 0.3 is 0 Å². The normalized spacial score (nSPS) is 15.2. The molecule has 1 aliphatic rings. The number of piperidine rings is 1. The second-order valence-electron chi connectivity index (χ2n) is 7.75. The number of carbonyl (C=O) groups is 1. The van der Waals surface area contributed by atoms with E-state index in [9.17, 15) is 4.79 Å². The number of amides is 1. The number of benzene rings is 2. The molecule has 6 heteroatoms. The molecule has 3 aromatic rings. The second-order valence-corrected chi connectivity index (χ2v) is 9.83. The predicted molar refractivity (Wildman–Crippen MR) is 125 cm³/mol. The third-order valence-electron chi connectivity index (χ3n) is 5.35. The monoisotopic (exact) mass is 437 g/mol. The van der Waals surface area contributed by atoms with Gasteiger partial charge in [0, 0.05) is 48.1 Å². The van der Waals surface area contributed by atoms with E-state index in [2.05, 4.69) is 50.9 Å². The van der Waals surface area contributed by atoms with Crippen molar-refractivity contribution in [2.45, 2.75) is 42.4 Å². The second kappa shape index (κ2) is 10.2. The first-order valence-electron chi connectivity index (χ1n) is 10.4. The van der Waals surface area contributed by atoms with Gasteiger partial charge in [0.2, 0.25) is 0 Å². The minimum absolute atomic E-state index is 0.0336. The number of nitrogens with zero attached hydrogens (tertiary/aromatic N) is 2. The molecule has 1 aliphatic heterocycles. The summed E-state index contributed by atoms with van der Waals surface area (Å²) in [5.41, 5.74) is 4.36. The molecule has 30 heavy (non-hydrogen) atoms. The molecule has 0 atom stereocenters. The van der Waals surface area contributed by atoms with Crippen LogP contribution in [-0.2, 0) is 12.3 Å². The standard InChI is InChI=1S/C24H27N3OS2/c1-18-16-29-24(25-18)30-17-20-7-9-21(10-8-20)23(28)26-22-11-13-27(14-12-22)15-19-5-3-2-4-6-19/h2-10,16,22H,11-15,17H2,1H3,(H,26,28). The Morgan fingerprint density at radius 2 is 1.83 bits per heavy atom. The molecule has 0 saturated carbocycles. The maximum Gasteiger partial charge on any atom is 0.251 e. The lowest BCUT2D eigenvalue weighted by atomic mass is 10.0. The fraction of sp³-hybridized carbons (Fsp3) is 0.333. The van der Waals surface area contributed by atoms with Crippen LogP contribution in [0.15, 0.2) is 64.3 Å². The Morgan fingerprint density at radius 3 is 2.50 bits per heavy atom. The Morgan fingerprint density at radius 1 is 1.10 bits per heavy atom. The molecule has 1 fully saturated rings. The fourth-order valence-corrected chi connectivity index (χ4v) is 5.45. The average molecular weight is 438 g/mol. The highest BCUT2D eigenvalue weighted by Crippen LogP contribution is 2.26. The van der Waals surface area contributed by atoms with E-state index < -0.39 is 0 Å². The first kappa shape index (κ1) is 21.1. The van der Waals surface area contributed by atoms with Crippen LogP contribution in [0, 0.1) is 6.92 Å². The molecular weight excluding hydrogens is 410 g/mol. The Hall–Kier alpha value is -2.15. The fourth-order valence-electron chi connectivity index (χ4n) is 3.64. The number of thiazole rings is 1. The molecule has 0 unspecified atom stereocenters. The SMILES string of the molecule is Cc1csc(SCc2ccc(C(=O)NC3CCN(Cc4ccccc4)CC3)cc2)n1. The molecule has 156 valence electrons. The van der Waals surface area contributed by atoms with Gasteiger partial charge in [-0.15, -0.1) is 11.3 Å². The zero-order chi connectivity index (χ0) is 20.8. The lowest BCUT2D eigenvalue weighted by Gasteiger charge is -2.32. The van der Waals surface area contributed by atoms with Crippen LogP contribution in [-0.4, -0.2) is 34.9 Å². The number of hydrogen-bond donors (Lipinski definition) is 1. The Labute approximate surface area is 186 Å². The molecule has 2 heterocycles. The van der Waals surface area contributed by atoms with E-state index in [1.807, 2.05) is 31.2 Å². The first-order chi connectivity index (χ1) is 14.7. The minimum Gasteiger partial charge on any atom is -0.349 e. The molecule has 4 nitrogen and oxygen atoms in total. The van der Waals surface area contributed by atoms with Crippen LogP contribution < -0.4 is 5.32 Å². The van der Waals surface area contributed by atoms with Crippen molar-refractivity contribution < 1.29 is 4.79 Å². The summed E-state index contributed by atoms with van der Waals surface area (Å²) in [5.74, 6) is 0.903. The topological polar surface area (TPSA) is 45.2 Å². The van der Waals surface area contributed by atoms with Crippen LogP contribution in [0.25, 0.3) is 0 Å². The van der Waals surface area contributed by atoms with Gasteiger partial charge in [-0.05, 0) is 43.0 Å². The lowest BCUT2D eigenvalue weighted by Crippen LogP contribution is -2.44. The zero-order valence-corrected chi connectivity index (χ0v) is 18.8. The van der Waals surface area contributed by atoms with Crippen molar-refractivity contribution in [3.63, 3.8) is 0 Å². The quantitative estimate of drug-likeness (QED) is 0.520. The van der Waals surface area contributed by atoms with Crippen molar-refractivity contribution in [3.05, 3.63) is 82.4 Å². The summed E-state index contributed by atoms with van der Waals surface area (Å²) in [6, 6.07) is 18.8. The Kier molecular flexibility index (Phi) is 7.20. The van der Waals surface area contributed by atoms with E-state index in [-0.39, 0.29) is 11.9 Å². The summed E-state index contributed by atoms with van der Waals surface area (Å²) in [4.78, 5) is 19.6. The molecule has 1 saturated heterocycles. The van der Waals surface area contributed by atoms with Gasteiger partial charge in [-0.25, -0.2) is 4.98 Å². The van der Waals surface area contributed by atoms with Gasteiger partial charge in [-0.3, -0.25) is 9.69 Å². The van der Waals surface area contributed by atoms with Crippen LogP contribution in [0.5, 0.6) is 0 Å². The zero-order valence-electron chi connectivity index (χ0n) is 17.2. The van der Waals surface area contributed by atoms with Crippen molar-refractivity contribution in [2.75, 3.05) is 13.1 Å². The Balaban J connectivity index is 1.22. The van der Waals surface area contributed by atoms with Gasteiger partial charge in [0.1, 0.15) is 4.34 Å². The van der Waals surface area contributed by atoms with Crippen molar-refractivity contribution in [1.29, 1.82) is 0 Å². The predicted octanol–water partition coefficient (Wildman–Crippen LogP) is 5.14. The van der Waals surface area contributed by atoms with Crippen LogP contribution in [0.3, 0.4) is 0 Å². The third-order valence-corrected chi connectivity index (χ3v) is 7.56. The highest BCUT2D eigenvalue weighted by atomic mass is 32.2. The maximum atomic E-state index is 12.6. The molecule has 4 rings (SSSR count). The van der Waals surface area contributed by atoms with E-state index in [0.717, 1.165) is 53.8 Å². The number of rotatable bonds is 7. The van der Waals surface area contributed by atoms with Crippen molar-refractivity contribution in [1.82, 2.24) is 15.2 Å². The summed E-state index contributed by atoms with van der Waals surface area (Å²) in [5, 5.41) is 5.29. The van der Waals surface area contributed by atoms with Crippen LogP contribution in [0.2, 0.25) is 0 Å². The molecule has 0 radical (unpaired) electrons. The Bertz CT molecular complexity index is 948. The number of thioether (sulfide) groups is 1. The van der Waals surface area contributed by atoms with E-state index in [4.69, 9.17) is 0 Å². The van der Waals surface area contributed by atoms with Gasteiger partial charge in [-0.2, -0.15) is 0 Å². The first-order valence-corrected chi connectivity index (χ1v) is 12.2. The van der Waals surface area contributed by atoms with Gasteiger partial charge in [0.25, 0.3) is 5.91 Å². The summed E-state index contributed by atoms with van der Waals surface area (Å²) in [6.45, 7) is 5.04. The number of nitrogens with one attached hydrogen (secondary N) is 1. The summed E-state index contributed by atoms with van der Waals surface area (Å²) in [7, 11) is 0. The average Bonchev–Trinajstić information content (AvgIpc) is 3.20. The number of carbonyl (C=O) groups excluding carboxylic acids is 1. The number of likely N-dealkylation sites (tertiary alicyclic amines) is 1. The molecule has 1 N–H and O–H groups in total. The molecule has 2 aromatic carbocycles. The molecule has 1 aromatic heterocycles. The van der Waals surface area contributed by atoms with Crippen LogP contribution >= 0.6 is 23.1 Å². The lowest BCUT2D eigenvalue weighted by molar-refractivity contribution is 0.0909. The van der Waals surface area contributed by atoms with Crippen LogP contribution in [0.4, 0.5) is 0 Å². The van der Waals surface area contributed by atoms with Crippen molar-refractivity contribution in [3.8, 4) is 0 Å². The number of aryl methyl sites for hydroxylation is 1. The van der Waals surface area contributed by atoms with Gasteiger partial charge in [-0.1, -0.05) is 54.2 Å². The minimum atomic E-state index is 0.0336. The van der Waals surface area contributed by atoms with E-state index in [1.165, 1.54) is 11.1 Å². The number of hydrogen-bond acceptors (Lipinski definition) is 5. The van der Waals surface area contributed by atoms with E-state index >= 15 is 0 Å². The van der Waals surface area contributed by atoms with Gasteiger partial charge < -0.3 is 5.32 Å². The summed E-state index contributed by atoms with van der Waals surface area (Å²) >= 11 is 3.42. The number of aromatic nitrogens is 1. The summed E-state index contributed by atoms with van der Waals surface area (Å²) < 4.78 is 1.09. The van der Waals surface area contributed by atoms with Gasteiger partial charge in [0.05, 0.1) is 0 Å². The maximum absolute atomic E-state index is 12.6.